The summed E-state index contributed by atoms with van der Waals surface area (Å²) in [5, 5.41) is 8.46. The molecule has 0 saturated heterocycles. The average molecular weight is 278 g/mol. The standard InChI is InChI=1S/C18H30O2/c1-2-3-4-5-6-7-8-9-10-11-12-13-14-15-16-17-18(19)20/h4-5,12-15H,2-3,6-11,16-17H2,1H3,(H,19,20)/b5-4+,13-12+,15-14+. The summed E-state index contributed by atoms with van der Waals surface area (Å²) in [7, 11) is 0. The fourth-order valence-corrected chi connectivity index (χ4v) is 1.84. The molecule has 0 heterocycles. The van der Waals surface area contributed by atoms with Gasteiger partial charge in [-0.3, -0.25) is 4.79 Å². The smallest absolute Gasteiger partial charge is 0.303 e. The van der Waals surface area contributed by atoms with Crippen molar-refractivity contribution in [2.75, 3.05) is 0 Å². The Labute approximate surface area is 124 Å². The van der Waals surface area contributed by atoms with E-state index in [1.54, 1.807) is 0 Å². The minimum absolute atomic E-state index is 0.219. The van der Waals surface area contributed by atoms with Gasteiger partial charge in [0.15, 0.2) is 0 Å². The zero-order valence-electron chi connectivity index (χ0n) is 12.9. The van der Waals surface area contributed by atoms with E-state index in [-0.39, 0.29) is 6.42 Å². The van der Waals surface area contributed by atoms with Crippen LogP contribution >= 0.6 is 0 Å². The van der Waals surface area contributed by atoms with Gasteiger partial charge in [0.2, 0.25) is 0 Å². The molecule has 0 saturated carbocycles. The third-order valence-corrected chi connectivity index (χ3v) is 3.02. The number of carboxylic acids is 1. The van der Waals surface area contributed by atoms with Gasteiger partial charge in [0.05, 0.1) is 0 Å². The second-order valence-electron chi connectivity index (χ2n) is 5.04. The summed E-state index contributed by atoms with van der Waals surface area (Å²) in [4.78, 5) is 10.3. The molecule has 0 aromatic heterocycles. The first kappa shape index (κ1) is 18.7. The largest absolute Gasteiger partial charge is 0.481 e. The lowest BCUT2D eigenvalue weighted by Gasteiger charge is -1.96. The highest BCUT2D eigenvalue weighted by Crippen LogP contribution is 2.07. The summed E-state index contributed by atoms with van der Waals surface area (Å²) in [5.74, 6) is -0.733. The second-order valence-corrected chi connectivity index (χ2v) is 5.04. The Morgan fingerprint density at radius 1 is 0.800 bits per heavy atom. The van der Waals surface area contributed by atoms with Crippen LogP contribution in [-0.4, -0.2) is 11.1 Å². The Balaban J connectivity index is 3.25. The fraction of sp³-hybridized carbons (Fsp3) is 0.611. The molecular weight excluding hydrogens is 248 g/mol. The van der Waals surface area contributed by atoms with Crippen LogP contribution in [0.15, 0.2) is 36.5 Å². The van der Waals surface area contributed by atoms with Gasteiger partial charge >= 0.3 is 5.97 Å². The molecule has 20 heavy (non-hydrogen) atoms. The molecule has 0 aliphatic rings. The van der Waals surface area contributed by atoms with Gasteiger partial charge in [-0.15, -0.1) is 0 Å². The van der Waals surface area contributed by atoms with E-state index in [1.165, 1.54) is 44.9 Å². The predicted molar refractivity (Wildman–Crippen MR) is 86.9 cm³/mol. The quantitative estimate of drug-likeness (QED) is 0.268. The van der Waals surface area contributed by atoms with E-state index >= 15 is 0 Å². The number of hydrogen-bond acceptors (Lipinski definition) is 1. The molecule has 0 fully saturated rings. The summed E-state index contributed by atoms with van der Waals surface area (Å²) in [5.41, 5.74) is 0. The third-order valence-electron chi connectivity index (χ3n) is 3.02. The number of carbonyl (C=O) groups is 1. The first-order valence-corrected chi connectivity index (χ1v) is 7.95. The van der Waals surface area contributed by atoms with E-state index in [1.807, 2.05) is 18.2 Å². The van der Waals surface area contributed by atoms with Crippen LogP contribution in [-0.2, 0) is 4.79 Å². The highest BCUT2D eigenvalue weighted by atomic mass is 16.4. The van der Waals surface area contributed by atoms with Gasteiger partial charge in [-0.1, -0.05) is 62.6 Å². The first-order valence-electron chi connectivity index (χ1n) is 7.95. The fourth-order valence-electron chi connectivity index (χ4n) is 1.84. The van der Waals surface area contributed by atoms with Gasteiger partial charge < -0.3 is 5.11 Å². The van der Waals surface area contributed by atoms with E-state index in [0.29, 0.717) is 6.42 Å². The van der Waals surface area contributed by atoms with Gasteiger partial charge in [0, 0.05) is 6.42 Å². The van der Waals surface area contributed by atoms with Crippen molar-refractivity contribution in [3.8, 4) is 0 Å². The minimum atomic E-state index is -0.733. The lowest BCUT2D eigenvalue weighted by Crippen LogP contribution is -1.91. The van der Waals surface area contributed by atoms with Crippen LogP contribution < -0.4 is 0 Å². The van der Waals surface area contributed by atoms with Crippen molar-refractivity contribution in [2.24, 2.45) is 0 Å². The predicted octanol–water partition coefficient (Wildman–Crippen LogP) is 5.66. The maximum Gasteiger partial charge on any atom is 0.303 e. The molecule has 1 N–H and O–H groups in total. The Kier molecular flexibility index (Phi) is 14.7. The van der Waals surface area contributed by atoms with E-state index in [0.717, 1.165) is 6.42 Å². The molecule has 0 radical (unpaired) electrons. The SMILES string of the molecule is CCC/C=C/CCCCCC/C=C/C=C/CCC(=O)O. The molecule has 0 rings (SSSR count). The maximum absolute atomic E-state index is 10.3. The molecule has 0 aliphatic carbocycles. The number of unbranched alkanes of at least 4 members (excludes halogenated alkanes) is 6. The van der Waals surface area contributed by atoms with E-state index in [9.17, 15) is 4.79 Å². The minimum Gasteiger partial charge on any atom is -0.481 e. The van der Waals surface area contributed by atoms with Crippen LogP contribution in [0.25, 0.3) is 0 Å². The van der Waals surface area contributed by atoms with Crippen molar-refractivity contribution < 1.29 is 9.90 Å². The molecular formula is C18H30O2. The lowest BCUT2D eigenvalue weighted by molar-refractivity contribution is -0.136. The highest BCUT2D eigenvalue weighted by molar-refractivity contribution is 5.66. The number of carboxylic acid groups (broad SMARTS) is 1. The number of rotatable bonds is 13. The van der Waals surface area contributed by atoms with Crippen LogP contribution in [0.2, 0.25) is 0 Å². The summed E-state index contributed by atoms with van der Waals surface area (Å²) in [6.45, 7) is 2.21. The van der Waals surface area contributed by atoms with Crippen molar-refractivity contribution in [1.29, 1.82) is 0 Å². The Bertz CT molecular complexity index is 301. The molecule has 0 aliphatic heterocycles. The number of allylic oxidation sites excluding steroid dienone is 6. The zero-order chi connectivity index (χ0) is 14.9. The Hall–Kier alpha value is -1.31. The summed E-state index contributed by atoms with van der Waals surface area (Å²) >= 11 is 0. The Morgan fingerprint density at radius 2 is 1.35 bits per heavy atom. The molecule has 2 heteroatoms. The first-order chi connectivity index (χ1) is 9.77. The highest BCUT2D eigenvalue weighted by Gasteiger charge is 1.90. The zero-order valence-corrected chi connectivity index (χ0v) is 12.9. The number of hydrogen-bond donors (Lipinski definition) is 1. The lowest BCUT2D eigenvalue weighted by atomic mass is 10.1. The van der Waals surface area contributed by atoms with Crippen molar-refractivity contribution in [2.45, 2.75) is 71.1 Å². The average Bonchev–Trinajstić information content (AvgIpc) is 2.43. The summed E-state index contributed by atoms with van der Waals surface area (Å²) in [6.07, 6.45) is 23.5. The van der Waals surface area contributed by atoms with Gasteiger partial charge in [-0.2, -0.15) is 0 Å². The summed E-state index contributed by atoms with van der Waals surface area (Å²) in [6, 6.07) is 0. The van der Waals surface area contributed by atoms with Crippen LogP contribution in [0.1, 0.15) is 71.1 Å². The molecule has 0 aromatic rings. The van der Waals surface area contributed by atoms with Gasteiger partial charge in [0.1, 0.15) is 0 Å². The van der Waals surface area contributed by atoms with E-state index < -0.39 is 5.97 Å². The van der Waals surface area contributed by atoms with Gasteiger partial charge in [-0.05, 0) is 38.5 Å². The molecule has 114 valence electrons. The van der Waals surface area contributed by atoms with Crippen molar-refractivity contribution in [3.63, 3.8) is 0 Å². The molecule has 0 atom stereocenters. The second kappa shape index (κ2) is 15.7. The van der Waals surface area contributed by atoms with E-state index in [2.05, 4.69) is 25.2 Å². The topological polar surface area (TPSA) is 37.3 Å². The molecule has 0 aromatic carbocycles. The molecule has 0 amide bonds. The van der Waals surface area contributed by atoms with E-state index in [4.69, 9.17) is 5.11 Å². The van der Waals surface area contributed by atoms with Crippen LogP contribution in [0, 0.1) is 0 Å². The van der Waals surface area contributed by atoms with Crippen molar-refractivity contribution >= 4 is 5.97 Å². The molecule has 0 bridgehead atoms. The van der Waals surface area contributed by atoms with Crippen LogP contribution in [0.5, 0.6) is 0 Å². The van der Waals surface area contributed by atoms with Gasteiger partial charge in [0.25, 0.3) is 0 Å². The Morgan fingerprint density at radius 3 is 1.95 bits per heavy atom. The van der Waals surface area contributed by atoms with Crippen molar-refractivity contribution in [3.05, 3.63) is 36.5 Å². The monoisotopic (exact) mass is 278 g/mol. The van der Waals surface area contributed by atoms with Crippen LogP contribution in [0.3, 0.4) is 0 Å². The van der Waals surface area contributed by atoms with Crippen LogP contribution in [0.4, 0.5) is 0 Å². The summed E-state index contributed by atoms with van der Waals surface area (Å²) < 4.78 is 0. The molecule has 2 nitrogen and oxygen atoms in total. The maximum atomic E-state index is 10.3. The van der Waals surface area contributed by atoms with Crippen molar-refractivity contribution in [1.82, 2.24) is 0 Å². The third kappa shape index (κ3) is 16.7. The van der Waals surface area contributed by atoms with Gasteiger partial charge in [-0.25, -0.2) is 0 Å². The molecule has 0 unspecified atom stereocenters. The number of aliphatic carboxylic acids is 1. The molecule has 0 spiro atoms. The normalized spacial score (nSPS) is 12.1.